The summed E-state index contributed by atoms with van der Waals surface area (Å²) in [7, 11) is 0. The molecule has 0 aliphatic heterocycles. The summed E-state index contributed by atoms with van der Waals surface area (Å²) < 4.78 is 0. The largest absolute Gasteiger partial charge is 0.263 e. The van der Waals surface area contributed by atoms with E-state index in [4.69, 9.17) is 5.26 Å². The lowest BCUT2D eigenvalue weighted by Crippen LogP contribution is -2.02. The first-order chi connectivity index (χ1) is 6.80. The number of aromatic nitrogens is 1. The highest BCUT2D eigenvalue weighted by Crippen LogP contribution is 2.47. The molecule has 14 heavy (non-hydrogen) atoms. The Hall–Kier alpha value is -1.01. The highest BCUT2D eigenvalue weighted by molar-refractivity contribution is 7.99. The van der Waals surface area contributed by atoms with Gasteiger partial charge in [-0.1, -0.05) is 6.92 Å². The Balaban J connectivity index is 2.27. The maximum absolute atomic E-state index is 9.05. The van der Waals surface area contributed by atoms with Crippen LogP contribution in [0.5, 0.6) is 0 Å². The number of hydrogen-bond acceptors (Lipinski definition) is 3. The molecule has 0 atom stereocenters. The van der Waals surface area contributed by atoms with Gasteiger partial charge in [-0.05, 0) is 30.2 Å². The number of nitriles is 1. The Labute approximate surface area is 88.4 Å². The summed E-state index contributed by atoms with van der Waals surface area (Å²) in [4.78, 5) is 5.36. The van der Waals surface area contributed by atoms with Crippen molar-refractivity contribution in [1.29, 1.82) is 5.26 Å². The molecule has 1 aliphatic carbocycles. The highest BCUT2D eigenvalue weighted by atomic mass is 32.2. The van der Waals surface area contributed by atoms with Gasteiger partial charge in [0.05, 0.1) is 11.5 Å². The molecule has 0 radical (unpaired) electrons. The van der Waals surface area contributed by atoms with Crippen molar-refractivity contribution in [3.8, 4) is 6.07 Å². The number of thioether (sulfide) groups is 1. The van der Waals surface area contributed by atoms with Gasteiger partial charge in [0.2, 0.25) is 0 Å². The van der Waals surface area contributed by atoms with Crippen LogP contribution in [0.2, 0.25) is 0 Å². The third kappa shape index (κ3) is 1.62. The van der Waals surface area contributed by atoms with E-state index in [9.17, 15) is 0 Å². The Bertz CT molecular complexity index is 377. The molecule has 0 bridgehead atoms. The van der Waals surface area contributed by atoms with Gasteiger partial charge in [-0.3, -0.25) is 4.98 Å². The van der Waals surface area contributed by atoms with E-state index in [-0.39, 0.29) is 5.41 Å². The van der Waals surface area contributed by atoms with Crippen LogP contribution in [0.4, 0.5) is 0 Å². The third-order valence-corrected chi connectivity index (χ3v) is 3.39. The van der Waals surface area contributed by atoms with E-state index in [1.807, 2.05) is 12.4 Å². The molecule has 0 N–H and O–H groups in total. The van der Waals surface area contributed by atoms with E-state index in [2.05, 4.69) is 24.0 Å². The smallest absolute Gasteiger partial charge is 0.0838 e. The molecule has 1 fully saturated rings. The molecule has 0 spiro atoms. The van der Waals surface area contributed by atoms with Gasteiger partial charge in [-0.25, -0.2) is 0 Å². The predicted octanol–water partition coefficient (Wildman–Crippen LogP) is 2.75. The van der Waals surface area contributed by atoms with Crippen LogP contribution < -0.4 is 0 Å². The summed E-state index contributed by atoms with van der Waals surface area (Å²) in [6.07, 6.45) is 5.68. The Morgan fingerprint density at radius 2 is 2.36 bits per heavy atom. The number of rotatable bonds is 3. The molecule has 3 heteroatoms. The van der Waals surface area contributed by atoms with E-state index in [1.165, 1.54) is 4.90 Å². The van der Waals surface area contributed by atoms with Gasteiger partial charge >= 0.3 is 0 Å². The van der Waals surface area contributed by atoms with E-state index in [0.717, 1.165) is 24.2 Å². The maximum Gasteiger partial charge on any atom is 0.0838 e. The minimum absolute atomic E-state index is 0.197. The Morgan fingerprint density at radius 3 is 2.93 bits per heavy atom. The quantitative estimate of drug-likeness (QED) is 0.710. The van der Waals surface area contributed by atoms with Crippen LogP contribution in [-0.2, 0) is 5.41 Å². The lowest BCUT2D eigenvalue weighted by molar-refractivity contribution is 0.888. The average Bonchev–Trinajstić information content (AvgIpc) is 2.99. The van der Waals surface area contributed by atoms with Crippen molar-refractivity contribution in [3.05, 3.63) is 24.0 Å². The molecule has 0 aromatic carbocycles. The van der Waals surface area contributed by atoms with Crippen LogP contribution in [0.1, 0.15) is 25.3 Å². The molecule has 1 heterocycles. The molecule has 0 amide bonds. The topological polar surface area (TPSA) is 36.7 Å². The molecule has 0 saturated heterocycles. The van der Waals surface area contributed by atoms with E-state index < -0.39 is 0 Å². The van der Waals surface area contributed by atoms with Crippen LogP contribution in [0, 0.1) is 11.3 Å². The molecule has 1 aliphatic rings. The third-order valence-electron chi connectivity index (χ3n) is 2.54. The normalized spacial score (nSPS) is 17.4. The van der Waals surface area contributed by atoms with Gasteiger partial charge in [0.25, 0.3) is 0 Å². The summed E-state index contributed by atoms with van der Waals surface area (Å²) in [6, 6.07) is 4.50. The molecular weight excluding hydrogens is 192 g/mol. The SMILES string of the molecule is CCSc1cncc(C2(C#N)CC2)c1. The number of nitrogens with zero attached hydrogens (tertiary/aromatic N) is 2. The second-order valence-corrected chi connectivity index (χ2v) is 4.87. The fourth-order valence-electron chi connectivity index (χ4n) is 1.52. The lowest BCUT2D eigenvalue weighted by Gasteiger charge is -2.06. The van der Waals surface area contributed by atoms with Crippen LogP contribution in [0.25, 0.3) is 0 Å². The highest BCUT2D eigenvalue weighted by Gasteiger charge is 2.45. The van der Waals surface area contributed by atoms with Crippen LogP contribution in [0.15, 0.2) is 23.4 Å². The molecule has 1 aromatic rings. The van der Waals surface area contributed by atoms with Crippen LogP contribution >= 0.6 is 11.8 Å². The van der Waals surface area contributed by atoms with E-state index >= 15 is 0 Å². The Kier molecular flexibility index (Phi) is 2.47. The fraction of sp³-hybridized carbons (Fsp3) is 0.455. The fourth-order valence-corrected chi connectivity index (χ4v) is 2.20. The van der Waals surface area contributed by atoms with Gasteiger partial charge in [0.1, 0.15) is 0 Å². The first kappa shape index (κ1) is 9.54. The van der Waals surface area contributed by atoms with E-state index in [1.54, 1.807) is 11.8 Å². The van der Waals surface area contributed by atoms with Crippen molar-refractivity contribution in [3.63, 3.8) is 0 Å². The summed E-state index contributed by atoms with van der Waals surface area (Å²) >= 11 is 1.77. The van der Waals surface area contributed by atoms with Gasteiger partial charge < -0.3 is 0 Å². The molecule has 72 valence electrons. The zero-order valence-corrected chi connectivity index (χ0v) is 8.97. The zero-order chi connectivity index (χ0) is 10.0. The molecule has 2 rings (SSSR count). The summed E-state index contributed by atoms with van der Waals surface area (Å²) in [5, 5.41) is 9.05. The van der Waals surface area contributed by atoms with Crippen molar-refractivity contribution in [2.24, 2.45) is 0 Å². The van der Waals surface area contributed by atoms with Crippen molar-refractivity contribution in [2.45, 2.75) is 30.1 Å². The first-order valence-electron chi connectivity index (χ1n) is 4.80. The van der Waals surface area contributed by atoms with Gasteiger partial charge in [-0.2, -0.15) is 5.26 Å². The van der Waals surface area contributed by atoms with Crippen molar-refractivity contribution < 1.29 is 0 Å². The predicted molar refractivity (Wildman–Crippen MR) is 57.2 cm³/mol. The summed E-state index contributed by atoms with van der Waals surface area (Å²) in [6.45, 7) is 2.12. The minimum Gasteiger partial charge on any atom is -0.263 e. The maximum atomic E-state index is 9.05. The van der Waals surface area contributed by atoms with Gasteiger partial charge in [-0.15, -0.1) is 11.8 Å². The molecular formula is C11H12N2S. The summed E-state index contributed by atoms with van der Waals surface area (Å²) in [5.41, 5.74) is 0.899. The second-order valence-electron chi connectivity index (χ2n) is 3.54. The van der Waals surface area contributed by atoms with E-state index in [0.29, 0.717) is 0 Å². The standard InChI is InChI=1S/C11H12N2S/c1-2-14-10-5-9(6-13-7-10)11(8-12)3-4-11/h5-7H,2-4H2,1H3. The molecule has 2 nitrogen and oxygen atoms in total. The lowest BCUT2D eigenvalue weighted by atomic mass is 10.0. The number of pyridine rings is 1. The monoisotopic (exact) mass is 204 g/mol. The molecule has 0 unspecified atom stereocenters. The molecule has 1 saturated carbocycles. The second kappa shape index (κ2) is 3.62. The average molecular weight is 204 g/mol. The van der Waals surface area contributed by atoms with Crippen LogP contribution in [-0.4, -0.2) is 10.7 Å². The molecule has 1 aromatic heterocycles. The van der Waals surface area contributed by atoms with Gasteiger partial charge in [0, 0.05) is 17.3 Å². The summed E-state index contributed by atoms with van der Waals surface area (Å²) in [5.74, 6) is 1.05. The van der Waals surface area contributed by atoms with Crippen molar-refractivity contribution >= 4 is 11.8 Å². The first-order valence-corrected chi connectivity index (χ1v) is 5.79. The zero-order valence-electron chi connectivity index (χ0n) is 8.16. The van der Waals surface area contributed by atoms with Crippen molar-refractivity contribution in [1.82, 2.24) is 4.98 Å². The van der Waals surface area contributed by atoms with Gasteiger partial charge in [0.15, 0.2) is 0 Å². The Morgan fingerprint density at radius 1 is 1.57 bits per heavy atom. The number of hydrogen-bond donors (Lipinski definition) is 0. The van der Waals surface area contributed by atoms with Crippen molar-refractivity contribution in [2.75, 3.05) is 5.75 Å². The van der Waals surface area contributed by atoms with Crippen LogP contribution in [0.3, 0.4) is 0 Å². The minimum atomic E-state index is -0.197.